The summed E-state index contributed by atoms with van der Waals surface area (Å²) in [4.78, 5) is 41.7. The minimum Gasteiger partial charge on any atom is -0.497 e. The van der Waals surface area contributed by atoms with Crippen LogP contribution >= 0.6 is 0 Å². The van der Waals surface area contributed by atoms with Gasteiger partial charge in [-0.05, 0) is 42.0 Å². The average Bonchev–Trinajstić information content (AvgIpc) is 2.82. The number of benzene rings is 2. The summed E-state index contributed by atoms with van der Waals surface area (Å²) in [5, 5.41) is 11.7. The topological polar surface area (TPSA) is 103 Å². The molecule has 158 valence electrons. The molecule has 3 amide bonds. The molecule has 31 heavy (non-hydrogen) atoms. The van der Waals surface area contributed by atoms with Crippen LogP contribution in [0.4, 0.5) is 0 Å². The van der Waals surface area contributed by atoms with Gasteiger partial charge in [-0.3, -0.25) is 14.4 Å². The zero-order chi connectivity index (χ0) is 22.0. The minimum absolute atomic E-state index is 0.133. The molecule has 2 aromatic carbocycles. The molecule has 2 heterocycles. The van der Waals surface area contributed by atoms with Gasteiger partial charge in [0, 0.05) is 25.1 Å². The Bertz CT molecular complexity index is 1040. The molecular formula is C23H22N4O4. The van der Waals surface area contributed by atoms with Crippen molar-refractivity contribution in [1.29, 1.82) is 5.26 Å². The minimum atomic E-state index is -0.698. The van der Waals surface area contributed by atoms with E-state index in [0.717, 1.165) is 11.3 Å². The van der Waals surface area contributed by atoms with Gasteiger partial charge in [0.2, 0.25) is 11.8 Å². The van der Waals surface area contributed by atoms with Gasteiger partial charge >= 0.3 is 0 Å². The first-order valence-corrected chi connectivity index (χ1v) is 10.0. The van der Waals surface area contributed by atoms with Crippen molar-refractivity contribution < 1.29 is 19.1 Å². The van der Waals surface area contributed by atoms with Crippen LogP contribution in [0.1, 0.15) is 21.5 Å². The Hall–Kier alpha value is -3.86. The van der Waals surface area contributed by atoms with E-state index < -0.39 is 12.1 Å². The molecule has 4 rings (SSSR count). The van der Waals surface area contributed by atoms with Crippen LogP contribution in [0.25, 0.3) is 0 Å². The number of ether oxygens (including phenoxy) is 1. The molecule has 2 fully saturated rings. The summed E-state index contributed by atoms with van der Waals surface area (Å²) in [5.41, 5.74) is 1.85. The maximum Gasteiger partial charge on any atom is 0.253 e. The number of nitrogens with one attached hydrogen (secondary N) is 1. The SMILES string of the molecule is COc1ccc(C[C@@H]2NC(=O)[C@H]3CN(C(=O)c4ccc(C#N)cc4)CCN3C2=O)cc1. The Kier molecular flexibility index (Phi) is 5.58. The fraction of sp³-hybridized carbons (Fsp3) is 0.304. The monoisotopic (exact) mass is 418 g/mol. The molecular weight excluding hydrogens is 396 g/mol. The maximum atomic E-state index is 13.0. The molecule has 2 aliphatic rings. The van der Waals surface area contributed by atoms with E-state index >= 15 is 0 Å². The zero-order valence-electron chi connectivity index (χ0n) is 17.1. The molecule has 1 N–H and O–H groups in total. The second-order valence-corrected chi connectivity index (χ2v) is 7.60. The van der Waals surface area contributed by atoms with Crippen LogP contribution in [0.2, 0.25) is 0 Å². The quantitative estimate of drug-likeness (QED) is 0.797. The van der Waals surface area contributed by atoms with Gasteiger partial charge in [-0.1, -0.05) is 12.1 Å². The van der Waals surface area contributed by atoms with Crippen LogP contribution in [0.15, 0.2) is 48.5 Å². The van der Waals surface area contributed by atoms with E-state index in [1.165, 1.54) is 0 Å². The fourth-order valence-electron chi connectivity index (χ4n) is 3.99. The highest BCUT2D eigenvalue weighted by Gasteiger charge is 2.44. The van der Waals surface area contributed by atoms with Gasteiger partial charge in [0.05, 0.1) is 25.3 Å². The summed E-state index contributed by atoms with van der Waals surface area (Å²) < 4.78 is 5.15. The number of hydrogen-bond donors (Lipinski definition) is 1. The van der Waals surface area contributed by atoms with Crippen LogP contribution in [0.5, 0.6) is 5.75 Å². The average molecular weight is 418 g/mol. The van der Waals surface area contributed by atoms with Crippen molar-refractivity contribution in [2.24, 2.45) is 0 Å². The van der Waals surface area contributed by atoms with Crippen LogP contribution in [-0.4, -0.2) is 66.3 Å². The van der Waals surface area contributed by atoms with Gasteiger partial charge in [0.1, 0.15) is 17.8 Å². The normalized spacial score (nSPS) is 20.5. The van der Waals surface area contributed by atoms with Crippen molar-refractivity contribution in [2.45, 2.75) is 18.5 Å². The lowest BCUT2D eigenvalue weighted by atomic mass is 9.98. The Balaban J connectivity index is 1.43. The predicted octanol–water partition coefficient (Wildman–Crippen LogP) is 0.961. The molecule has 8 nitrogen and oxygen atoms in total. The highest BCUT2D eigenvalue weighted by molar-refractivity contribution is 5.99. The number of nitrogens with zero attached hydrogens (tertiary/aromatic N) is 3. The van der Waals surface area contributed by atoms with E-state index in [0.29, 0.717) is 30.6 Å². The lowest BCUT2D eigenvalue weighted by Gasteiger charge is -2.45. The molecule has 2 atom stereocenters. The molecule has 0 radical (unpaired) electrons. The van der Waals surface area contributed by atoms with Crippen LogP contribution in [-0.2, 0) is 16.0 Å². The van der Waals surface area contributed by atoms with E-state index in [-0.39, 0.29) is 24.3 Å². The van der Waals surface area contributed by atoms with Crippen LogP contribution in [0.3, 0.4) is 0 Å². The molecule has 8 heteroatoms. The highest BCUT2D eigenvalue weighted by atomic mass is 16.5. The predicted molar refractivity (Wildman–Crippen MR) is 111 cm³/mol. The van der Waals surface area contributed by atoms with E-state index in [2.05, 4.69) is 5.32 Å². The van der Waals surface area contributed by atoms with E-state index in [1.54, 1.807) is 41.2 Å². The molecule has 2 aliphatic heterocycles. The Morgan fingerprint density at radius 2 is 1.84 bits per heavy atom. The van der Waals surface area contributed by atoms with E-state index in [1.807, 2.05) is 30.3 Å². The molecule has 0 bridgehead atoms. The fourth-order valence-corrected chi connectivity index (χ4v) is 3.99. The van der Waals surface area contributed by atoms with Gasteiger partial charge in [0.15, 0.2) is 0 Å². The molecule has 2 aromatic rings. The van der Waals surface area contributed by atoms with Gasteiger partial charge in [-0.25, -0.2) is 0 Å². The van der Waals surface area contributed by atoms with Crippen molar-refractivity contribution in [1.82, 2.24) is 15.1 Å². The lowest BCUT2D eigenvalue weighted by Crippen LogP contribution is -2.70. The van der Waals surface area contributed by atoms with Gasteiger partial charge in [-0.15, -0.1) is 0 Å². The summed E-state index contributed by atoms with van der Waals surface area (Å²) in [6.45, 7) is 0.799. The number of fused-ring (bicyclic) bond motifs is 1. The molecule has 0 aliphatic carbocycles. The van der Waals surface area contributed by atoms with Crippen LogP contribution in [0, 0.1) is 11.3 Å². The summed E-state index contributed by atoms with van der Waals surface area (Å²) in [5.74, 6) is 0.122. The third kappa shape index (κ3) is 4.08. The number of rotatable bonds is 4. The van der Waals surface area contributed by atoms with Crippen molar-refractivity contribution in [3.63, 3.8) is 0 Å². The van der Waals surface area contributed by atoms with E-state index in [4.69, 9.17) is 10.00 Å². The number of carbonyl (C=O) groups is 3. The first-order chi connectivity index (χ1) is 15.0. The number of amides is 3. The van der Waals surface area contributed by atoms with Gasteiger partial charge < -0.3 is 19.9 Å². The summed E-state index contributed by atoms with van der Waals surface area (Å²) in [7, 11) is 1.59. The number of piperazine rings is 2. The summed E-state index contributed by atoms with van der Waals surface area (Å²) in [6, 6.07) is 14.5. The van der Waals surface area contributed by atoms with E-state index in [9.17, 15) is 14.4 Å². The third-order valence-electron chi connectivity index (χ3n) is 5.73. The zero-order valence-corrected chi connectivity index (χ0v) is 17.1. The Labute approximate surface area is 180 Å². The summed E-state index contributed by atoms with van der Waals surface area (Å²) >= 11 is 0. The molecule has 0 aromatic heterocycles. The Morgan fingerprint density at radius 3 is 2.48 bits per heavy atom. The Morgan fingerprint density at radius 1 is 1.13 bits per heavy atom. The first kappa shape index (κ1) is 20.4. The highest BCUT2D eigenvalue weighted by Crippen LogP contribution is 2.21. The maximum absolute atomic E-state index is 13.0. The smallest absolute Gasteiger partial charge is 0.253 e. The van der Waals surface area contributed by atoms with Crippen LogP contribution < -0.4 is 10.1 Å². The number of methoxy groups -OCH3 is 1. The second kappa shape index (κ2) is 8.48. The second-order valence-electron chi connectivity index (χ2n) is 7.60. The summed E-state index contributed by atoms with van der Waals surface area (Å²) in [6.07, 6.45) is 0.395. The van der Waals surface area contributed by atoms with Crippen molar-refractivity contribution >= 4 is 17.7 Å². The molecule has 2 saturated heterocycles. The molecule has 0 spiro atoms. The third-order valence-corrected chi connectivity index (χ3v) is 5.73. The van der Waals surface area contributed by atoms with Crippen molar-refractivity contribution in [2.75, 3.05) is 26.7 Å². The largest absolute Gasteiger partial charge is 0.497 e. The number of nitriles is 1. The number of hydrogen-bond acceptors (Lipinski definition) is 5. The number of carbonyl (C=O) groups excluding carboxylic acids is 3. The lowest BCUT2D eigenvalue weighted by molar-refractivity contribution is -0.152. The van der Waals surface area contributed by atoms with Gasteiger partial charge in [-0.2, -0.15) is 5.26 Å². The van der Waals surface area contributed by atoms with Crippen molar-refractivity contribution in [3.8, 4) is 11.8 Å². The standard InChI is InChI=1S/C23H22N4O4/c1-31-18-8-4-15(5-9-18)12-19-23(30)27-11-10-26(14-20(27)21(28)25-19)22(29)17-6-2-16(13-24)3-7-17/h2-9,19-20H,10-12,14H2,1H3,(H,25,28)/t19-,20+/m0/s1. The molecule has 0 unspecified atom stereocenters. The molecule has 0 saturated carbocycles. The van der Waals surface area contributed by atoms with Crippen molar-refractivity contribution in [3.05, 3.63) is 65.2 Å². The van der Waals surface area contributed by atoms with Gasteiger partial charge in [0.25, 0.3) is 5.91 Å². The first-order valence-electron chi connectivity index (χ1n) is 10.0.